The van der Waals surface area contributed by atoms with Crippen LogP contribution < -0.4 is 0 Å². The van der Waals surface area contributed by atoms with E-state index < -0.39 is 35.6 Å². The number of hydrazone groups is 1. The Morgan fingerprint density at radius 2 is 1.79 bits per heavy atom. The molecule has 3 rings (SSSR count). The smallest absolute Gasteiger partial charge is 0.362 e. The van der Waals surface area contributed by atoms with Crippen LogP contribution in [-0.4, -0.2) is 38.6 Å². The summed E-state index contributed by atoms with van der Waals surface area (Å²) < 4.78 is 40.7. The molecule has 0 saturated heterocycles. The molecule has 1 amide bonds. The van der Waals surface area contributed by atoms with Crippen LogP contribution in [0.15, 0.2) is 53.6 Å². The van der Waals surface area contributed by atoms with E-state index in [2.05, 4.69) is 5.10 Å². The van der Waals surface area contributed by atoms with Crippen molar-refractivity contribution in [1.82, 2.24) is 5.01 Å². The van der Waals surface area contributed by atoms with Gasteiger partial charge in [-0.25, -0.2) is 0 Å². The molecule has 29 heavy (non-hydrogen) atoms. The number of rotatable bonds is 4. The Balaban J connectivity index is 1.90. The lowest BCUT2D eigenvalue weighted by atomic mass is 10.0. The molecule has 2 aromatic rings. The number of nitro benzene ring substituents is 1. The number of aliphatic hydroxyl groups is 1. The highest BCUT2D eigenvalue weighted by Crippen LogP contribution is 2.41. The summed E-state index contributed by atoms with van der Waals surface area (Å²) in [5.74, 6) is -1.11. The summed E-state index contributed by atoms with van der Waals surface area (Å²) in [4.78, 5) is 22.6. The second-order valence-corrected chi connectivity index (χ2v) is 6.79. The molecule has 0 unspecified atom stereocenters. The molecule has 152 valence electrons. The van der Waals surface area contributed by atoms with Crippen LogP contribution in [0.25, 0.3) is 0 Å². The average Bonchev–Trinajstić information content (AvgIpc) is 3.02. The van der Waals surface area contributed by atoms with Gasteiger partial charge < -0.3 is 5.11 Å². The molecule has 1 aliphatic heterocycles. The average molecular weight is 428 g/mol. The van der Waals surface area contributed by atoms with Crippen LogP contribution in [-0.2, 0) is 11.2 Å². The minimum atomic E-state index is -5.16. The largest absolute Gasteiger partial charge is 0.438 e. The first-order chi connectivity index (χ1) is 13.5. The maximum Gasteiger partial charge on any atom is 0.438 e. The SMILES string of the molecule is O=C(Cc1ccc([N+](=O)[O-])cc1)N1N=C(c2ccc(Cl)cc2)C[C@@]1(O)C(F)(F)F. The molecule has 0 bridgehead atoms. The molecular weight excluding hydrogens is 415 g/mol. The van der Waals surface area contributed by atoms with Crippen LogP contribution in [0.5, 0.6) is 0 Å². The van der Waals surface area contributed by atoms with E-state index in [0.29, 0.717) is 5.02 Å². The second-order valence-electron chi connectivity index (χ2n) is 6.35. The molecule has 0 saturated carbocycles. The Labute approximate surface area is 167 Å². The summed E-state index contributed by atoms with van der Waals surface area (Å²) in [6.45, 7) is 0. The maximum absolute atomic E-state index is 13.6. The van der Waals surface area contributed by atoms with Crippen molar-refractivity contribution in [1.29, 1.82) is 0 Å². The van der Waals surface area contributed by atoms with E-state index in [4.69, 9.17) is 11.6 Å². The second kappa shape index (κ2) is 7.45. The van der Waals surface area contributed by atoms with Crippen LogP contribution in [0.3, 0.4) is 0 Å². The first kappa shape index (κ1) is 20.7. The number of amides is 1. The van der Waals surface area contributed by atoms with Crippen LogP contribution in [0.1, 0.15) is 17.5 Å². The number of non-ortho nitro benzene ring substituents is 1. The van der Waals surface area contributed by atoms with Gasteiger partial charge in [-0.3, -0.25) is 14.9 Å². The normalized spacial score (nSPS) is 19.2. The van der Waals surface area contributed by atoms with Crippen LogP contribution in [0, 0.1) is 10.1 Å². The summed E-state index contributed by atoms with van der Waals surface area (Å²) in [5, 5.41) is 25.1. The summed E-state index contributed by atoms with van der Waals surface area (Å²) in [5.41, 5.74) is -3.33. The van der Waals surface area contributed by atoms with Crippen LogP contribution in [0.4, 0.5) is 18.9 Å². The number of benzene rings is 2. The van der Waals surface area contributed by atoms with E-state index in [-0.39, 0.29) is 27.5 Å². The van der Waals surface area contributed by atoms with Gasteiger partial charge in [0.15, 0.2) is 0 Å². The van der Waals surface area contributed by atoms with Crippen molar-refractivity contribution in [2.45, 2.75) is 24.7 Å². The van der Waals surface area contributed by atoms with Gasteiger partial charge in [-0.2, -0.15) is 23.3 Å². The molecule has 1 heterocycles. The number of carbonyl (C=O) groups excluding carboxylic acids is 1. The highest BCUT2D eigenvalue weighted by molar-refractivity contribution is 6.30. The zero-order chi connectivity index (χ0) is 21.4. The van der Waals surface area contributed by atoms with Crippen LogP contribution >= 0.6 is 11.6 Å². The number of carbonyl (C=O) groups is 1. The lowest BCUT2D eigenvalue weighted by molar-refractivity contribution is -0.384. The van der Waals surface area contributed by atoms with Crippen molar-refractivity contribution in [3.63, 3.8) is 0 Å². The van der Waals surface area contributed by atoms with Crippen molar-refractivity contribution in [2.24, 2.45) is 5.10 Å². The fraction of sp³-hybridized carbons (Fsp3) is 0.222. The number of hydrogen-bond donors (Lipinski definition) is 1. The lowest BCUT2D eigenvalue weighted by Gasteiger charge is -2.32. The van der Waals surface area contributed by atoms with Gasteiger partial charge in [0, 0.05) is 17.2 Å². The number of alkyl halides is 3. The predicted molar refractivity (Wildman–Crippen MR) is 97.3 cm³/mol. The molecule has 0 fully saturated rings. The molecule has 1 aliphatic rings. The lowest BCUT2D eigenvalue weighted by Crippen LogP contribution is -2.57. The van der Waals surface area contributed by atoms with Gasteiger partial charge >= 0.3 is 6.18 Å². The summed E-state index contributed by atoms with van der Waals surface area (Å²) in [7, 11) is 0. The highest BCUT2D eigenvalue weighted by Gasteiger charge is 2.63. The molecule has 11 heteroatoms. The van der Waals surface area contributed by atoms with Gasteiger partial charge in [0.2, 0.25) is 5.91 Å². The Morgan fingerprint density at radius 3 is 2.31 bits per heavy atom. The standard InChI is InChI=1S/C18H13ClF3N3O4/c19-13-5-3-12(4-6-13)15-10-17(27,18(20,21)22)24(23-15)16(26)9-11-1-7-14(8-2-11)25(28)29/h1-8,27H,9-10H2/t17-/m1/s1. The topological polar surface area (TPSA) is 96.0 Å². The van der Waals surface area contributed by atoms with Gasteiger partial charge in [0.25, 0.3) is 11.4 Å². The molecule has 7 nitrogen and oxygen atoms in total. The Bertz CT molecular complexity index is 977. The molecule has 0 radical (unpaired) electrons. The van der Waals surface area contributed by atoms with Gasteiger partial charge in [0.1, 0.15) is 0 Å². The number of hydrogen-bond acceptors (Lipinski definition) is 5. The van der Waals surface area contributed by atoms with Gasteiger partial charge in [-0.05, 0) is 23.3 Å². The van der Waals surface area contributed by atoms with Crippen molar-refractivity contribution in [2.75, 3.05) is 0 Å². The first-order valence-corrected chi connectivity index (χ1v) is 8.58. The zero-order valence-corrected chi connectivity index (χ0v) is 15.3. The fourth-order valence-electron chi connectivity index (χ4n) is 2.82. The molecule has 0 aromatic heterocycles. The molecule has 0 spiro atoms. The number of halogens is 4. The van der Waals surface area contributed by atoms with Gasteiger partial charge in [-0.1, -0.05) is 35.9 Å². The van der Waals surface area contributed by atoms with E-state index in [9.17, 15) is 33.2 Å². The number of nitrogens with zero attached hydrogens (tertiary/aromatic N) is 3. The summed E-state index contributed by atoms with van der Waals surface area (Å²) >= 11 is 5.77. The minimum Gasteiger partial charge on any atom is -0.362 e. The Morgan fingerprint density at radius 1 is 1.21 bits per heavy atom. The van der Waals surface area contributed by atoms with E-state index in [0.717, 1.165) is 12.1 Å². The molecule has 1 atom stereocenters. The van der Waals surface area contributed by atoms with Crippen molar-refractivity contribution in [3.05, 3.63) is 74.8 Å². The third kappa shape index (κ3) is 4.08. The van der Waals surface area contributed by atoms with Crippen LogP contribution in [0.2, 0.25) is 5.02 Å². The van der Waals surface area contributed by atoms with E-state index >= 15 is 0 Å². The minimum absolute atomic E-state index is 0.0261. The summed E-state index contributed by atoms with van der Waals surface area (Å²) in [6, 6.07) is 10.5. The fourth-order valence-corrected chi connectivity index (χ4v) is 2.94. The predicted octanol–water partition coefficient (Wildman–Crippen LogP) is 3.68. The molecular formula is C18H13ClF3N3O4. The summed E-state index contributed by atoms with van der Waals surface area (Å²) in [6.07, 6.45) is -6.63. The first-order valence-electron chi connectivity index (χ1n) is 8.20. The quantitative estimate of drug-likeness (QED) is 0.594. The number of nitro groups is 1. The Kier molecular flexibility index (Phi) is 5.33. The third-order valence-electron chi connectivity index (χ3n) is 4.36. The maximum atomic E-state index is 13.6. The zero-order valence-electron chi connectivity index (χ0n) is 14.6. The Hall–Kier alpha value is -2.98. The van der Waals surface area contributed by atoms with E-state index in [1.165, 1.54) is 36.4 Å². The highest BCUT2D eigenvalue weighted by atomic mass is 35.5. The van der Waals surface area contributed by atoms with Crippen molar-refractivity contribution >= 4 is 28.9 Å². The van der Waals surface area contributed by atoms with Crippen molar-refractivity contribution < 1.29 is 28.0 Å². The van der Waals surface area contributed by atoms with E-state index in [1.807, 2.05) is 0 Å². The van der Waals surface area contributed by atoms with Crippen molar-refractivity contribution in [3.8, 4) is 0 Å². The molecule has 0 aliphatic carbocycles. The monoisotopic (exact) mass is 427 g/mol. The molecule has 1 N–H and O–H groups in total. The third-order valence-corrected chi connectivity index (χ3v) is 4.61. The van der Waals surface area contributed by atoms with E-state index in [1.54, 1.807) is 0 Å². The molecule has 2 aromatic carbocycles. The van der Waals surface area contributed by atoms with Gasteiger partial charge in [0.05, 0.1) is 23.5 Å². The van der Waals surface area contributed by atoms with Gasteiger partial charge in [-0.15, -0.1) is 0 Å².